The van der Waals surface area contributed by atoms with Crippen LogP contribution in [0.4, 0.5) is 8.78 Å². The molecule has 0 aliphatic rings. The molecule has 0 saturated carbocycles. The second kappa shape index (κ2) is 3.30. The number of oxime groups is 1. The van der Waals surface area contributed by atoms with E-state index in [1.165, 1.54) is 0 Å². The average molecular weight is 171 g/mol. The van der Waals surface area contributed by atoms with E-state index in [2.05, 4.69) is 5.16 Å². The molecule has 64 valence electrons. The molecule has 1 aromatic carbocycles. The summed E-state index contributed by atoms with van der Waals surface area (Å²) in [6.07, 6.45) is 1.05. The van der Waals surface area contributed by atoms with Gasteiger partial charge in [0.2, 0.25) is 0 Å². The molecular weight excluding hydrogens is 164 g/mol. The maximum absolute atomic E-state index is 12.6. The summed E-state index contributed by atoms with van der Waals surface area (Å²) in [4.78, 5) is 0. The molecule has 1 N–H and O–H groups in total. The summed E-state index contributed by atoms with van der Waals surface area (Å²) in [5, 5.41) is 10.9. The van der Waals surface area contributed by atoms with Gasteiger partial charge in [0, 0.05) is 5.56 Å². The largest absolute Gasteiger partial charge is 0.411 e. The smallest absolute Gasteiger partial charge is 0.159 e. The van der Waals surface area contributed by atoms with Crippen molar-refractivity contribution in [2.45, 2.75) is 6.92 Å². The predicted octanol–water partition coefficient (Wildman–Crippen LogP) is 2.08. The second-order valence-corrected chi connectivity index (χ2v) is 2.37. The molecule has 12 heavy (non-hydrogen) atoms. The summed E-state index contributed by atoms with van der Waals surface area (Å²) < 4.78 is 25.1. The lowest BCUT2D eigenvalue weighted by Gasteiger charge is -1.99. The molecule has 0 aromatic heterocycles. The van der Waals surface area contributed by atoms with Crippen molar-refractivity contribution in [2.75, 3.05) is 0 Å². The van der Waals surface area contributed by atoms with Crippen LogP contribution in [0.3, 0.4) is 0 Å². The summed E-state index contributed by atoms with van der Waals surface area (Å²) in [6, 6.07) is 2.02. The minimum atomic E-state index is -0.949. The lowest BCUT2D eigenvalue weighted by atomic mass is 10.1. The van der Waals surface area contributed by atoms with Crippen LogP contribution in [0.15, 0.2) is 17.3 Å². The number of halogens is 2. The molecule has 0 radical (unpaired) electrons. The zero-order valence-electron chi connectivity index (χ0n) is 6.38. The minimum Gasteiger partial charge on any atom is -0.411 e. The summed E-state index contributed by atoms with van der Waals surface area (Å²) in [7, 11) is 0. The number of aryl methyl sites for hydroxylation is 1. The third-order valence-corrected chi connectivity index (χ3v) is 1.51. The number of hydrogen-bond donors (Lipinski definition) is 1. The van der Waals surface area contributed by atoms with E-state index in [9.17, 15) is 8.78 Å². The molecule has 4 heteroatoms. The molecule has 0 fully saturated rings. The van der Waals surface area contributed by atoms with Gasteiger partial charge in [-0.2, -0.15) is 0 Å². The Labute approximate surface area is 68.1 Å². The first kappa shape index (κ1) is 8.64. The highest BCUT2D eigenvalue weighted by Crippen LogP contribution is 2.12. The fraction of sp³-hybridized carbons (Fsp3) is 0.125. The topological polar surface area (TPSA) is 32.6 Å². The summed E-state index contributed by atoms with van der Waals surface area (Å²) in [5.41, 5.74) is 0.878. The van der Waals surface area contributed by atoms with Crippen LogP contribution in [0.25, 0.3) is 0 Å². The van der Waals surface area contributed by atoms with Crippen LogP contribution >= 0.6 is 0 Å². The molecular formula is C8H7F2NO. The normalized spacial score (nSPS) is 10.9. The van der Waals surface area contributed by atoms with E-state index in [0.29, 0.717) is 11.1 Å². The highest BCUT2D eigenvalue weighted by atomic mass is 19.2. The Morgan fingerprint density at radius 1 is 1.33 bits per heavy atom. The molecule has 0 heterocycles. The Morgan fingerprint density at radius 2 is 1.92 bits per heavy atom. The van der Waals surface area contributed by atoms with Gasteiger partial charge in [-0.1, -0.05) is 5.16 Å². The van der Waals surface area contributed by atoms with Crippen molar-refractivity contribution < 1.29 is 14.0 Å². The van der Waals surface area contributed by atoms with E-state index >= 15 is 0 Å². The molecule has 0 unspecified atom stereocenters. The van der Waals surface area contributed by atoms with Crippen molar-refractivity contribution in [3.05, 3.63) is 34.9 Å². The molecule has 2 nitrogen and oxygen atoms in total. The maximum Gasteiger partial charge on any atom is 0.159 e. The average Bonchev–Trinajstić information content (AvgIpc) is 2.01. The molecule has 0 atom stereocenters. The molecule has 0 spiro atoms. The summed E-state index contributed by atoms with van der Waals surface area (Å²) in [5.74, 6) is -1.85. The van der Waals surface area contributed by atoms with Crippen molar-refractivity contribution in [3.63, 3.8) is 0 Å². The van der Waals surface area contributed by atoms with E-state index in [1.807, 2.05) is 0 Å². The van der Waals surface area contributed by atoms with Gasteiger partial charge in [0.1, 0.15) is 0 Å². The Bertz CT molecular complexity index is 323. The highest BCUT2D eigenvalue weighted by Gasteiger charge is 2.04. The van der Waals surface area contributed by atoms with Gasteiger partial charge in [0.05, 0.1) is 6.21 Å². The van der Waals surface area contributed by atoms with E-state index in [-0.39, 0.29) is 0 Å². The van der Waals surface area contributed by atoms with Crippen LogP contribution in [-0.2, 0) is 0 Å². The Morgan fingerprint density at radius 3 is 2.50 bits per heavy atom. The summed E-state index contributed by atoms with van der Waals surface area (Å²) in [6.45, 7) is 1.60. The number of benzene rings is 1. The molecule has 0 bridgehead atoms. The SMILES string of the molecule is Cc1cc(F)c(F)cc1/C=N/O. The fourth-order valence-electron chi connectivity index (χ4n) is 0.863. The highest BCUT2D eigenvalue weighted by molar-refractivity contribution is 5.81. The van der Waals surface area contributed by atoms with Crippen molar-refractivity contribution >= 4 is 6.21 Å². The molecule has 1 aromatic rings. The van der Waals surface area contributed by atoms with Crippen LogP contribution < -0.4 is 0 Å². The number of hydrogen-bond acceptors (Lipinski definition) is 2. The first-order chi connectivity index (χ1) is 5.65. The Hall–Kier alpha value is -1.45. The third-order valence-electron chi connectivity index (χ3n) is 1.51. The van der Waals surface area contributed by atoms with Gasteiger partial charge in [-0.25, -0.2) is 8.78 Å². The van der Waals surface area contributed by atoms with Crippen molar-refractivity contribution in [1.29, 1.82) is 0 Å². The Kier molecular flexibility index (Phi) is 2.38. The van der Waals surface area contributed by atoms with Crippen molar-refractivity contribution in [3.8, 4) is 0 Å². The van der Waals surface area contributed by atoms with Crippen molar-refractivity contribution in [2.24, 2.45) is 5.16 Å². The minimum absolute atomic E-state index is 0.358. The molecule has 0 amide bonds. The van der Waals surface area contributed by atoms with Gasteiger partial charge in [-0.3, -0.25) is 0 Å². The fourth-order valence-corrected chi connectivity index (χ4v) is 0.863. The maximum atomic E-state index is 12.6. The monoisotopic (exact) mass is 171 g/mol. The summed E-state index contributed by atoms with van der Waals surface area (Å²) >= 11 is 0. The van der Waals surface area contributed by atoms with Crippen LogP contribution in [-0.4, -0.2) is 11.4 Å². The van der Waals surface area contributed by atoms with Crippen LogP contribution in [0.1, 0.15) is 11.1 Å². The van der Waals surface area contributed by atoms with Gasteiger partial charge < -0.3 is 5.21 Å². The molecule has 0 saturated heterocycles. The Balaban J connectivity index is 3.23. The lowest BCUT2D eigenvalue weighted by molar-refractivity contribution is 0.322. The van der Waals surface area contributed by atoms with E-state index in [4.69, 9.17) is 5.21 Å². The van der Waals surface area contributed by atoms with E-state index < -0.39 is 11.6 Å². The van der Waals surface area contributed by atoms with Crippen LogP contribution in [0, 0.1) is 18.6 Å². The zero-order chi connectivity index (χ0) is 9.14. The second-order valence-electron chi connectivity index (χ2n) is 2.37. The van der Waals surface area contributed by atoms with Gasteiger partial charge in [0.25, 0.3) is 0 Å². The van der Waals surface area contributed by atoms with Crippen LogP contribution in [0.2, 0.25) is 0 Å². The first-order valence-corrected chi connectivity index (χ1v) is 3.28. The van der Waals surface area contributed by atoms with Gasteiger partial charge >= 0.3 is 0 Å². The third kappa shape index (κ3) is 1.58. The first-order valence-electron chi connectivity index (χ1n) is 3.28. The van der Waals surface area contributed by atoms with E-state index in [1.54, 1.807) is 6.92 Å². The molecule has 0 aliphatic heterocycles. The zero-order valence-corrected chi connectivity index (χ0v) is 6.38. The van der Waals surface area contributed by atoms with Gasteiger partial charge in [0.15, 0.2) is 11.6 Å². The molecule has 1 rings (SSSR count). The number of nitrogens with zero attached hydrogens (tertiary/aromatic N) is 1. The standard InChI is InChI=1S/C8H7F2NO/c1-5-2-7(9)8(10)3-6(5)4-11-12/h2-4,12H,1H3/b11-4+. The quantitative estimate of drug-likeness (QED) is 0.391. The number of rotatable bonds is 1. The van der Waals surface area contributed by atoms with Gasteiger partial charge in [-0.05, 0) is 24.6 Å². The van der Waals surface area contributed by atoms with Crippen LogP contribution in [0.5, 0.6) is 0 Å². The lowest BCUT2D eigenvalue weighted by Crippen LogP contribution is -1.92. The van der Waals surface area contributed by atoms with Gasteiger partial charge in [-0.15, -0.1) is 0 Å². The predicted molar refractivity (Wildman–Crippen MR) is 40.5 cm³/mol. The van der Waals surface area contributed by atoms with E-state index in [0.717, 1.165) is 18.3 Å². The molecule has 0 aliphatic carbocycles. The van der Waals surface area contributed by atoms with Crippen molar-refractivity contribution in [1.82, 2.24) is 0 Å².